The largest absolute Gasteiger partial charge is 0.0613 e. The Balaban J connectivity index is 2.18. The van der Waals surface area contributed by atoms with Crippen LogP contribution in [0, 0.1) is 6.92 Å². The van der Waals surface area contributed by atoms with E-state index in [4.69, 9.17) is 0 Å². The summed E-state index contributed by atoms with van der Waals surface area (Å²) in [7, 11) is 0. The third-order valence-corrected chi connectivity index (χ3v) is 5.15. The molecule has 21 heavy (non-hydrogen) atoms. The van der Waals surface area contributed by atoms with Crippen molar-refractivity contribution in [2.75, 3.05) is 0 Å². The zero-order chi connectivity index (χ0) is 15.0. The molecule has 1 aliphatic rings. The van der Waals surface area contributed by atoms with Crippen LogP contribution >= 0.6 is 0 Å². The molecule has 1 aliphatic carbocycles. The molecular formula is C21H28. The lowest BCUT2D eigenvalue weighted by molar-refractivity contribution is 0.445. The van der Waals surface area contributed by atoms with Gasteiger partial charge in [-0.15, -0.1) is 0 Å². The average Bonchev–Trinajstić information content (AvgIpc) is 2.46. The van der Waals surface area contributed by atoms with Crippen LogP contribution in [0.2, 0.25) is 0 Å². The molecule has 0 aromatic heterocycles. The minimum absolute atomic E-state index is 0.221. The topological polar surface area (TPSA) is 0 Å². The van der Waals surface area contributed by atoms with Gasteiger partial charge in [0.2, 0.25) is 0 Å². The summed E-state index contributed by atoms with van der Waals surface area (Å²) in [4.78, 5) is 0. The van der Waals surface area contributed by atoms with E-state index in [1.54, 1.807) is 5.56 Å². The molecule has 0 spiro atoms. The molecule has 0 radical (unpaired) electrons. The fourth-order valence-electron chi connectivity index (χ4n) is 3.80. The molecule has 2 aromatic carbocycles. The van der Waals surface area contributed by atoms with Crippen molar-refractivity contribution in [1.82, 2.24) is 0 Å². The van der Waals surface area contributed by atoms with E-state index in [0.29, 0.717) is 0 Å². The van der Waals surface area contributed by atoms with E-state index in [-0.39, 0.29) is 5.41 Å². The molecule has 3 rings (SSSR count). The van der Waals surface area contributed by atoms with Gasteiger partial charge in [-0.05, 0) is 58.6 Å². The Morgan fingerprint density at radius 2 is 1.62 bits per heavy atom. The molecule has 0 nitrogen and oxygen atoms in total. The molecule has 1 saturated carbocycles. The molecule has 0 N–H and O–H groups in total. The van der Waals surface area contributed by atoms with Crippen molar-refractivity contribution in [1.29, 1.82) is 0 Å². The first-order valence-corrected chi connectivity index (χ1v) is 8.50. The van der Waals surface area contributed by atoms with Gasteiger partial charge in [0.25, 0.3) is 0 Å². The van der Waals surface area contributed by atoms with E-state index < -0.39 is 0 Å². The summed E-state index contributed by atoms with van der Waals surface area (Å²) in [5.74, 6) is 0.775. The SMILES string of the molecule is Cc1cc(C(C)(C)C)cc2c(C3CCCCC3)cccc12. The van der Waals surface area contributed by atoms with E-state index in [0.717, 1.165) is 5.92 Å². The molecule has 1 fully saturated rings. The van der Waals surface area contributed by atoms with Crippen LogP contribution in [0.5, 0.6) is 0 Å². The van der Waals surface area contributed by atoms with Gasteiger partial charge in [0, 0.05) is 0 Å². The standard InChI is InChI=1S/C21H28/c1-15-13-17(21(2,3)4)14-20-18(15)11-8-12-19(20)16-9-6-5-7-10-16/h8,11-14,16H,5-7,9-10H2,1-4H3. The number of benzene rings is 2. The van der Waals surface area contributed by atoms with Crippen molar-refractivity contribution in [2.45, 2.75) is 71.1 Å². The van der Waals surface area contributed by atoms with Crippen LogP contribution in [0.1, 0.15) is 75.5 Å². The molecule has 0 unspecified atom stereocenters. The van der Waals surface area contributed by atoms with Crippen LogP contribution in [0.3, 0.4) is 0 Å². The number of hydrogen-bond donors (Lipinski definition) is 0. The number of rotatable bonds is 1. The van der Waals surface area contributed by atoms with Gasteiger partial charge >= 0.3 is 0 Å². The van der Waals surface area contributed by atoms with Crippen molar-refractivity contribution >= 4 is 10.8 Å². The highest BCUT2D eigenvalue weighted by Gasteiger charge is 2.20. The van der Waals surface area contributed by atoms with Gasteiger partial charge in [-0.1, -0.05) is 70.4 Å². The second-order valence-corrected chi connectivity index (χ2v) is 7.82. The van der Waals surface area contributed by atoms with Crippen LogP contribution in [-0.2, 0) is 5.41 Å². The van der Waals surface area contributed by atoms with E-state index in [1.807, 2.05) is 0 Å². The maximum atomic E-state index is 2.46. The maximum absolute atomic E-state index is 2.46. The van der Waals surface area contributed by atoms with Crippen LogP contribution in [0.25, 0.3) is 10.8 Å². The molecule has 0 heteroatoms. The van der Waals surface area contributed by atoms with E-state index in [2.05, 4.69) is 58.0 Å². The lowest BCUT2D eigenvalue weighted by atomic mass is 9.79. The van der Waals surface area contributed by atoms with Gasteiger partial charge in [0.1, 0.15) is 0 Å². The van der Waals surface area contributed by atoms with Gasteiger partial charge in [-0.25, -0.2) is 0 Å². The molecular weight excluding hydrogens is 252 g/mol. The average molecular weight is 280 g/mol. The Hall–Kier alpha value is -1.30. The van der Waals surface area contributed by atoms with Crippen molar-refractivity contribution in [3.63, 3.8) is 0 Å². The summed E-state index contributed by atoms with van der Waals surface area (Å²) in [6.07, 6.45) is 6.97. The Kier molecular flexibility index (Phi) is 3.82. The molecule has 0 bridgehead atoms. The summed E-state index contributed by atoms with van der Waals surface area (Å²) in [6.45, 7) is 9.21. The predicted molar refractivity (Wildman–Crippen MR) is 93.2 cm³/mol. The van der Waals surface area contributed by atoms with E-state index in [1.165, 1.54) is 54.0 Å². The van der Waals surface area contributed by atoms with Crippen LogP contribution in [-0.4, -0.2) is 0 Å². The third kappa shape index (κ3) is 2.86. The summed E-state index contributed by atoms with van der Waals surface area (Å²) < 4.78 is 0. The second kappa shape index (κ2) is 5.48. The number of hydrogen-bond acceptors (Lipinski definition) is 0. The van der Waals surface area contributed by atoms with Gasteiger partial charge < -0.3 is 0 Å². The molecule has 0 saturated heterocycles. The first kappa shape index (κ1) is 14.6. The van der Waals surface area contributed by atoms with Crippen molar-refractivity contribution in [2.24, 2.45) is 0 Å². The van der Waals surface area contributed by atoms with Gasteiger partial charge in [0.05, 0.1) is 0 Å². The molecule has 0 aliphatic heterocycles. The van der Waals surface area contributed by atoms with Crippen molar-refractivity contribution < 1.29 is 0 Å². The zero-order valence-electron chi connectivity index (χ0n) is 14.0. The Morgan fingerprint density at radius 3 is 2.29 bits per heavy atom. The molecule has 2 aromatic rings. The van der Waals surface area contributed by atoms with Crippen molar-refractivity contribution in [3.05, 3.63) is 47.0 Å². The quantitative estimate of drug-likeness (QED) is 0.559. The molecule has 0 atom stereocenters. The fourth-order valence-corrected chi connectivity index (χ4v) is 3.80. The Morgan fingerprint density at radius 1 is 0.905 bits per heavy atom. The van der Waals surface area contributed by atoms with E-state index in [9.17, 15) is 0 Å². The second-order valence-electron chi connectivity index (χ2n) is 7.82. The highest BCUT2D eigenvalue weighted by molar-refractivity contribution is 5.90. The highest BCUT2D eigenvalue weighted by Crippen LogP contribution is 2.38. The first-order chi connectivity index (χ1) is 9.97. The van der Waals surface area contributed by atoms with Gasteiger partial charge in [0.15, 0.2) is 0 Å². The summed E-state index contributed by atoms with van der Waals surface area (Å²) >= 11 is 0. The maximum Gasteiger partial charge on any atom is -0.0132 e. The Bertz CT molecular complexity index is 637. The normalized spacial score (nSPS) is 17.3. The summed E-state index contributed by atoms with van der Waals surface area (Å²) in [5.41, 5.74) is 4.71. The van der Waals surface area contributed by atoms with Crippen LogP contribution in [0.4, 0.5) is 0 Å². The van der Waals surface area contributed by atoms with Gasteiger partial charge in [-0.2, -0.15) is 0 Å². The minimum atomic E-state index is 0.221. The summed E-state index contributed by atoms with van der Waals surface area (Å²) in [6, 6.07) is 11.8. The van der Waals surface area contributed by atoms with E-state index >= 15 is 0 Å². The van der Waals surface area contributed by atoms with Crippen LogP contribution < -0.4 is 0 Å². The predicted octanol–water partition coefficient (Wildman–Crippen LogP) is 6.49. The first-order valence-electron chi connectivity index (χ1n) is 8.50. The van der Waals surface area contributed by atoms with Gasteiger partial charge in [-0.3, -0.25) is 0 Å². The monoisotopic (exact) mass is 280 g/mol. The highest BCUT2D eigenvalue weighted by atomic mass is 14.2. The Labute approximate surface area is 129 Å². The summed E-state index contributed by atoms with van der Waals surface area (Å²) in [5, 5.41) is 2.96. The lowest BCUT2D eigenvalue weighted by Gasteiger charge is -2.26. The van der Waals surface area contributed by atoms with Crippen molar-refractivity contribution in [3.8, 4) is 0 Å². The molecule has 0 heterocycles. The fraction of sp³-hybridized carbons (Fsp3) is 0.524. The van der Waals surface area contributed by atoms with Crippen LogP contribution in [0.15, 0.2) is 30.3 Å². The number of aryl methyl sites for hydroxylation is 1. The minimum Gasteiger partial charge on any atom is -0.0613 e. The number of fused-ring (bicyclic) bond motifs is 1. The lowest BCUT2D eigenvalue weighted by Crippen LogP contribution is -2.12. The molecule has 0 amide bonds. The molecule has 112 valence electrons. The zero-order valence-corrected chi connectivity index (χ0v) is 14.0. The third-order valence-electron chi connectivity index (χ3n) is 5.15. The smallest absolute Gasteiger partial charge is 0.0132 e.